The molecular weight excluding hydrogens is 325 g/mol. The molecular formula is C15H25Cl2N3O2. The zero-order chi connectivity index (χ0) is 14.5. The second-order valence-electron chi connectivity index (χ2n) is 5.44. The number of anilines is 1. The second-order valence-corrected chi connectivity index (χ2v) is 5.44. The van der Waals surface area contributed by atoms with Crippen molar-refractivity contribution >= 4 is 36.4 Å². The van der Waals surface area contributed by atoms with Crippen molar-refractivity contribution in [2.75, 3.05) is 39.1 Å². The van der Waals surface area contributed by atoms with Gasteiger partial charge < -0.3 is 20.3 Å². The van der Waals surface area contributed by atoms with Crippen LogP contribution in [0.25, 0.3) is 0 Å². The van der Waals surface area contributed by atoms with Crippen LogP contribution in [0.5, 0.6) is 0 Å². The molecule has 0 saturated carbocycles. The van der Waals surface area contributed by atoms with Crippen LogP contribution >= 0.6 is 24.8 Å². The molecule has 1 amide bonds. The van der Waals surface area contributed by atoms with Gasteiger partial charge in [-0.25, -0.2) is 0 Å². The summed E-state index contributed by atoms with van der Waals surface area (Å²) in [4.78, 5) is 14.3. The standard InChI is InChI=1S/C15H23N3O2.2ClH/c1-11-4-5-12(10-18(2)3)8-13(11)17-15(19)14-9-16-6-7-20-14;;/h4-5,8,14,16H,6-7,9-10H2,1-3H3,(H,17,19);2*1H. The van der Waals surface area contributed by atoms with Crippen LogP contribution < -0.4 is 10.6 Å². The highest BCUT2D eigenvalue weighted by molar-refractivity contribution is 5.95. The molecule has 0 bridgehead atoms. The zero-order valence-electron chi connectivity index (χ0n) is 13.2. The molecule has 0 aliphatic carbocycles. The highest BCUT2D eigenvalue weighted by Crippen LogP contribution is 2.18. The van der Waals surface area contributed by atoms with Crippen molar-refractivity contribution in [1.82, 2.24) is 10.2 Å². The van der Waals surface area contributed by atoms with Crippen LogP contribution in [0.4, 0.5) is 5.69 Å². The summed E-state index contributed by atoms with van der Waals surface area (Å²) in [6.45, 7) is 4.81. The minimum atomic E-state index is -0.402. The minimum absolute atomic E-state index is 0. The summed E-state index contributed by atoms with van der Waals surface area (Å²) in [5.41, 5.74) is 3.10. The van der Waals surface area contributed by atoms with E-state index >= 15 is 0 Å². The van der Waals surface area contributed by atoms with E-state index < -0.39 is 6.10 Å². The van der Waals surface area contributed by atoms with Crippen molar-refractivity contribution in [1.29, 1.82) is 0 Å². The Morgan fingerprint density at radius 3 is 2.73 bits per heavy atom. The lowest BCUT2D eigenvalue weighted by atomic mass is 10.1. The number of nitrogens with one attached hydrogen (secondary N) is 2. The Balaban J connectivity index is 0.00000220. The molecule has 1 aromatic carbocycles. The third kappa shape index (κ3) is 6.10. The van der Waals surface area contributed by atoms with Gasteiger partial charge in [-0.3, -0.25) is 4.79 Å². The Morgan fingerprint density at radius 1 is 1.41 bits per heavy atom. The van der Waals surface area contributed by atoms with Crippen LogP contribution in [0.15, 0.2) is 18.2 Å². The number of halogens is 2. The van der Waals surface area contributed by atoms with Gasteiger partial charge in [-0.15, -0.1) is 24.8 Å². The molecule has 7 heteroatoms. The van der Waals surface area contributed by atoms with E-state index in [0.29, 0.717) is 13.2 Å². The van der Waals surface area contributed by atoms with Gasteiger partial charge in [-0.05, 0) is 38.2 Å². The first-order valence-corrected chi connectivity index (χ1v) is 6.93. The van der Waals surface area contributed by atoms with Crippen molar-refractivity contribution < 1.29 is 9.53 Å². The van der Waals surface area contributed by atoms with Crippen LogP contribution in [0.2, 0.25) is 0 Å². The smallest absolute Gasteiger partial charge is 0.254 e. The van der Waals surface area contributed by atoms with Crippen molar-refractivity contribution in [2.24, 2.45) is 0 Å². The van der Waals surface area contributed by atoms with Gasteiger partial charge in [0.25, 0.3) is 5.91 Å². The number of carbonyl (C=O) groups is 1. The van der Waals surface area contributed by atoms with Crippen LogP contribution in [0, 0.1) is 6.92 Å². The molecule has 1 atom stereocenters. The van der Waals surface area contributed by atoms with Crippen molar-refractivity contribution in [3.05, 3.63) is 29.3 Å². The largest absolute Gasteiger partial charge is 0.366 e. The van der Waals surface area contributed by atoms with E-state index in [0.717, 1.165) is 24.3 Å². The number of morpholine rings is 1. The van der Waals surface area contributed by atoms with Gasteiger partial charge in [0.1, 0.15) is 6.10 Å². The molecule has 0 radical (unpaired) electrons. The summed E-state index contributed by atoms with van der Waals surface area (Å²) in [6, 6.07) is 6.15. The number of ether oxygens (including phenoxy) is 1. The van der Waals surface area contributed by atoms with Gasteiger partial charge in [0, 0.05) is 25.3 Å². The molecule has 126 valence electrons. The van der Waals surface area contributed by atoms with E-state index in [-0.39, 0.29) is 30.7 Å². The number of amides is 1. The lowest BCUT2D eigenvalue weighted by Crippen LogP contribution is -2.45. The molecule has 1 aromatic rings. The predicted molar refractivity (Wildman–Crippen MR) is 94.3 cm³/mol. The van der Waals surface area contributed by atoms with Gasteiger partial charge in [0.2, 0.25) is 0 Å². The second kappa shape index (κ2) is 10.0. The van der Waals surface area contributed by atoms with Crippen molar-refractivity contribution in [2.45, 2.75) is 19.6 Å². The summed E-state index contributed by atoms with van der Waals surface area (Å²) >= 11 is 0. The molecule has 0 aromatic heterocycles. The Hall–Kier alpha value is -0.850. The number of nitrogens with zero attached hydrogens (tertiary/aromatic N) is 1. The average Bonchev–Trinajstić information content (AvgIpc) is 2.43. The maximum atomic E-state index is 12.2. The maximum Gasteiger partial charge on any atom is 0.254 e. The molecule has 22 heavy (non-hydrogen) atoms. The predicted octanol–water partition coefficient (Wildman–Crippen LogP) is 1.83. The summed E-state index contributed by atoms with van der Waals surface area (Å²) in [7, 11) is 4.05. The minimum Gasteiger partial charge on any atom is -0.366 e. The van der Waals surface area contributed by atoms with E-state index in [2.05, 4.69) is 21.6 Å². The van der Waals surface area contributed by atoms with Gasteiger partial charge in [-0.2, -0.15) is 0 Å². The molecule has 5 nitrogen and oxygen atoms in total. The highest BCUT2D eigenvalue weighted by atomic mass is 35.5. The van der Waals surface area contributed by atoms with Gasteiger partial charge in [0.05, 0.1) is 6.61 Å². The van der Waals surface area contributed by atoms with Crippen LogP contribution in [-0.2, 0) is 16.1 Å². The van der Waals surface area contributed by atoms with Gasteiger partial charge in [-0.1, -0.05) is 12.1 Å². The van der Waals surface area contributed by atoms with E-state index in [1.54, 1.807) is 0 Å². The highest BCUT2D eigenvalue weighted by Gasteiger charge is 2.22. The van der Waals surface area contributed by atoms with E-state index in [1.807, 2.05) is 33.2 Å². The van der Waals surface area contributed by atoms with Crippen LogP contribution in [0.1, 0.15) is 11.1 Å². The SMILES string of the molecule is Cc1ccc(CN(C)C)cc1NC(=O)C1CNCCO1.Cl.Cl. The molecule has 1 saturated heterocycles. The summed E-state index contributed by atoms with van der Waals surface area (Å²) < 4.78 is 5.46. The summed E-state index contributed by atoms with van der Waals surface area (Å²) in [5.74, 6) is -0.0812. The Bertz CT molecular complexity index is 478. The molecule has 1 unspecified atom stereocenters. The zero-order valence-corrected chi connectivity index (χ0v) is 14.9. The van der Waals surface area contributed by atoms with E-state index in [4.69, 9.17) is 4.74 Å². The quantitative estimate of drug-likeness (QED) is 0.870. The summed E-state index contributed by atoms with van der Waals surface area (Å²) in [5, 5.41) is 6.13. The first-order chi connectivity index (χ1) is 9.56. The fraction of sp³-hybridized carbons (Fsp3) is 0.533. The fourth-order valence-electron chi connectivity index (χ4n) is 2.21. The number of benzene rings is 1. The number of rotatable bonds is 4. The third-order valence-electron chi connectivity index (χ3n) is 3.28. The lowest BCUT2D eigenvalue weighted by Gasteiger charge is -2.23. The lowest BCUT2D eigenvalue weighted by molar-refractivity contribution is -0.128. The Labute approximate surface area is 144 Å². The molecule has 1 heterocycles. The van der Waals surface area contributed by atoms with E-state index in [9.17, 15) is 4.79 Å². The number of aryl methyl sites for hydroxylation is 1. The van der Waals surface area contributed by atoms with Crippen molar-refractivity contribution in [3.8, 4) is 0 Å². The monoisotopic (exact) mass is 349 g/mol. The first kappa shape index (κ1) is 21.1. The van der Waals surface area contributed by atoms with Gasteiger partial charge in [0.15, 0.2) is 0 Å². The van der Waals surface area contributed by atoms with E-state index in [1.165, 1.54) is 5.56 Å². The van der Waals surface area contributed by atoms with Crippen LogP contribution in [-0.4, -0.2) is 50.7 Å². The molecule has 2 N–H and O–H groups in total. The maximum absolute atomic E-state index is 12.2. The molecule has 1 aliphatic heterocycles. The number of hydrogen-bond acceptors (Lipinski definition) is 4. The third-order valence-corrected chi connectivity index (χ3v) is 3.28. The normalized spacial score (nSPS) is 17.4. The fourth-order valence-corrected chi connectivity index (χ4v) is 2.21. The first-order valence-electron chi connectivity index (χ1n) is 6.93. The Morgan fingerprint density at radius 2 is 2.14 bits per heavy atom. The Kier molecular flexibility index (Phi) is 9.64. The topological polar surface area (TPSA) is 53.6 Å². The molecule has 0 spiro atoms. The number of hydrogen-bond donors (Lipinski definition) is 2. The van der Waals surface area contributed by atoms with Crippen molar-refractivity contribution in [3.63, 3.8) is 0 Å². The average molecular weight is 350 g/mol. The number of carbonyl (C=O) groups excluding carboxylic acids is 1. The summed E-state index contributed by atoms with van der Waals surface area (Å²) in [6.07, 6.45) is -0.402. The molecule has 1 fully saturated rings. The van der Waals surface area contributed by atoms with Crippen LogP contribution in [0.3, 0.4) is 0 Å². The molecule has 1 aliphatic rings. The van der Waals surface area contributed by atoms with Gasteiger partial charge >= 0.3 is 0 Å². The molecule has 2 rings (SSSR count).